The van der Waals surface area contributed by atoms with Crippen molar-refractivity contribution in [3.8, 4) is 0 Å². The van der Waals surface area contributed by atoms with E-state index < -0.39 is 0 Å². The molecule has 0 aromatic rings. The summed E-state index contributed by atoms with van der Waals surface area (Å²) in [4.78, 5) is 14.0. The van der Waals surface area contributed by atoms with Crippen molar-refractivity contribution in [1.82, 2.24) is 15.5 Å². The van der Waals surface area contributed by atoms with Crippen LogP contribution in [0.3, 0.4) is 0 Å². The van der Waals surface area contributed by atoms with Gasteiger partial charge in [-0.3, -0.25) is 4.79 Å². The Hall–Kier alpha value is -0.650. The molecule has 5 nitrogen and oxygen atoms in total. The highest BCUT2D eigenvalue weighted by atomic mass is 16.5. The summed E-state index contributed by atoms with van der Waals surface area (Å²) in [7, 11) is 2.07. The van der Waals surface area contributed by atoms with E-state index >= 15 is 0 Å². The molecule has 2 fully saturated rings. The summed E-state index contributed by atoms with van der Waals surface area (Å²) < 4.78 is 5.39. The summed E-state index contributed by atoms with van der Waals surface area (Å²) >= 11 is 0. The van der Waals surface area contributed by atoms with Crippen molar-refractivity contribution in [2.75, 3.05) is 39.8 Å². The molecule has 2 heterocycles. The van der Waals surface area contributed by atoms with Crippen LogP contribution in [0.25, 0.3) is 0 Å². The molecule has 2 unspecified atom stereocenters. The van der Waals surface area contributed by atoms with Crippen LogP contribution in [0.4, 0.5) is 0 Å². The monoisotopic (exact) mass is 213 g/mol. The van der Waals surface area contributed by atoms with Gasteiger partial charge >= 0.3 is 0 Å². The lowest BCUT2D eigenvalue weighted by Crippen LogP contribution is -2.50. The molecule has 2 N–H and O–H groups in total. The second-order valence-corrected chi connectivity index (χ2v) is 4.32. The van der Waals surface area contributed by atoms with Crippen LogP contribution in [-0.2, 0) is 9.53 Å². The zero-order valence-electron chi connectivity index (χ0n) is 9.16. The normalized spacial score (nSPS) is 32.9. The lowest BCUT2D eigenvalue weighted by atomic mass is 10.2. The summed E-state index contributed by atoms with van der Waals surface area (Å²) in [6.45, 7) is 4.12. The van der Waals surface area contributed by atoms with Gasteiger partial charge in [-0.2, -0.15) is 0 Å². The van der Waals surface area contributed by atoms with Gasteiger partial charge < -0.3 is 20.3 Å². The van der Waals surface area contributed by atoms with Crippen molar-refractivity contribution in [3.05, 3.63) is 0 Å². The Morgan fingerprint density at radius 2 is 2.47 bits per heavy atom. The number of carbonyl (C=O) groups is 1. The first kappa shape index (κ1) is 10.9. The lowest BCUT2D eigenvalue weighted by Gasteiger charge is -2.24. The summed E-state index contributed by atoms with van der Waals surface area (Å²) in [5, 5.41) is 6.19. The number of hydrogen-bond acceptors (Lipinski definition) is 4. The quantitative estimate of drug-likeness (QED) is 0.605. The average molecular weight is 213 g/mol. The zero-order valence-corrected chi connectivity index (χ0v) is 9.16. The molecule has 2 rings (SSSR count). The summed E-state index contributed by atoms with van der Waals surface area (Å²) in [5.41, 5.74) is 0. The summed E-state index contributed by atoms with van der Waals surface area (Å²) in [6.07, 6.45) is 0.743. The first-order valence-electron chi connectivity index (χ1n) is 5.57. The topological polar surface area (TPSA) is 53.6 Å². The van der Waals surface area contributed by atoms with Gasteiger partial charge in [0.1, 0.15) is 6.10 Å². The van der Waals surface area contributed by atoms with Crippen LogP contribution in [-0.4, -0.2) is 62.8 Å². The number of likely N-dealkylation sites (tertiary alicyclic amines) is 1. The van der Waals surface area contributed by atoms with Crippen molar-refractivity contribution >= 4 is 5.91 Å². The number of nitrogens with one attached hydrogen (secondary N) is 2. The van der Waals surface area contributed by atoms with Crippen LogP contribution in [0, 0.1) is 0 Å². The molecule has 1 amide bonds. The van der Waals surface area contributed by atoms with Crippen LogP contribution >= 0.6 is 0 Å². The second-order valence-electron chi connectivity index (χ2n) is 4.32. The van der Waals surface area contributed by atoms with E-state index in [2.05, 4.69) is 22.6 Å². The molecule has 0 saturated carbocycles. The maximum absolute atomic E-state index is 11.8. The van der Waals surface area contributed by atoms with Gasteiger partial charge in [0.2, 0.25) is 0 Å². The smallest absolute Gasteiger partial charge is 0.250 e. The number of carbonyl (C=O) groups excluding carboxylic acids is 1. The van der Waals surface area contributed by atoms with Crippen LogP contribution in [0.15, 0.2) is 0 Å². The molecule has 2 atom stereocenters. The van der Waals surface area contributed by atoms with Gasteiger partial charge in [0.25, 0.3) is 5.91 Å². The first-order valence-corrected chi connectivity index (χ1v) is 5.57. The van der Waals surface area contributed by atoms with Crippen LogP contribution in [0.1, 0.15) is 6.42 Å². The molecule has 0 aromatic carbocycles. The predicted molar refractivity (Wildman–Crippen MR) is 56.7 cm³/mol. The van der Waals surface area contributed by atoms with Gasteiger partial charge in [0.15, 0.2) is 0 Å². The molecule has 0 bridgehead atoms. The van der Waals surface area contributed by atoms with Gasteiger partial charge in [-0.1, -0.05) is 0 Å². The van der Waals surface area contributed by atoms with E-state index in [-0.39, 0.29) is 12.0 Å². The minimum absolute atomic E-state index is 0.0301. The predicted octanol–water partition coefficient (Wildman–Crippen LogP) is -1.20. The maximum atomic E-state index is 11.8. The Bertz CT molecular complexity index is 229. The molecule has 15 heavy (non-hydrogen) atoms. The third-order valence-electron chi connectivity index (χ3n) is 2.96. The molecule has 0 aliphatic carbocycles. The van der Waals surface area contributed by atoms with Gasteiger partial charge in [-0.05, 0) is 20.0 Å². The molecule has 2 aliphatic heterocycles. The minimum Gasteiger partial charge on any atom is -0.366 e. The third-order valence-corrected chi connectivity index (χ3v) is 2.96. The number of likely N-dealkylation sites (N-methyl/N-ethyl adjacent to an activating group) is 1. The van der Waals surface area contributed by atoms with Gasteiger partial charge in [-0.25, -0.2) is 0 Å². The second kappa shape index (κ2) is 4.92. The van der Waals surface area contributed by atoms with E-state index in [1.807, 2.05) is 0 Å². The highest BCUT2D eigenvalue weighted by Gasteiger charge is 2.26. The minimum atomic E-state index is -0.301. The van der Waals surface area contributed by atoms with Gasteiger partial charge in [-0.15, -0.1) is 0 Å². The Morgan fingerprint density at radius 3 is 3.07 bits per heavy atom. The van der Waals surface area contributed by atoms with Crippen molar-refractivity contribution in [1.29, 1.82) is 0 Å². The standard InChI is InChI=1S/C10H19N3O2/c1-13-4-2-8(7-13)12-10(14)9-6-11-3-5-15-9/h8-9,11H,2-7H2,1H3,(H,12,14). The fourth-order valence-corrected chi connectivity index (χ4v) is 2.08. The van der Waals surface area contributed by atoms with E-state index in [0.29, 0.717) is 19.2 Å². The Labute approximate surface area is 90.1 Å². The van der Waals surface area contributed by atoms with E-state index in [1.165, 1.54) is 0 Å². The number of ether oxygens (including phenoxy) is 1. The summed E-state index contributed by atoms with van der Waals surface area (Å²) in [5.74, 6) is 0.0301. The number of amides is 1. The number of morpholine rings is 1. The summed E-state index contributed by atoms with van der Waals surface area (Å²) in [6, 6.07) is 0.299. The van der Waals surface area contributed by atoms with E-state index in [4.69, 9.17) is 4.74 Å². The highest BCUT2D eigenvalue weighted by molar-refractivity contribution is 5.81. The molecule has 0 spiro atoms. The molecule has 86 valence electrons. The van der Waals surface area contributed by atoms with Crippen LogP contribution < -0.4 is 10.6 Å². The van der Waals surface area contributed by atoms with Crippen molar-refractivity contribution in [2.24, 2.45) is 0 Å². The van der Waals surface area contributed by atoms with Gasteiger partial charge in [0.05, 0.1) is 6.61 Å². The first-order chi connectivity index (χ1) is 7.25. The molecule has 2 aliphatic rings. The third kappa shape index (κ3) is 2.90. The fraction of sp³-hybridized carbons (Fsp3) is 0.900. The molecule has 0 radical (unpaired) electrons. The molecule has 2 saturated heterocycles. The molecular formula is C10H19N3O2. The van der Waals surface area contributed by atoms with Crippen molar-refractivity contribution < 1.29 is 9.53 Å². The fourth-order valence-electron chi connectivity index (χ4n) is 2.08. The van der Waals surface area contributed by atoms with Crippen molar-refractivity contribution in [3.63, 3.8) is 0 Å². The van der Waals surface area contributed by atoms with Crippen LogP contribution in [0.2, 0.25) is 0 Å². The SMILES string of the molecule is CN1CCC(NC(=O)C2CNCCO2)C1. The molecular weight excluding hydrogens is 194 g/mol. The maximum Gasteiger partial charge on any atom is 0.250 e. The van der Waals surface area contributed by atoms with E-state index in [9.17, 15) is 4.79 Å². The van der Waals surface area contributed by atoms with Gasteiger partial charge in [0, 0.05) is 25.7 Å². The molecule has 0 aromatic heterocycles. The molecule has 5 heteroatoms. The van der Waals surface area contributed by atoms with Crippen molar-refractivity contribution in [2.45, 2.75) is 18.6 Å². The Morgan fingerprint density at radius 1 is 1.60 bits per heavy atom. The largest absolute Gasteiger partial charge is 0.366 e. The number of rotatable bonds is 2. The highest BCUT2D eigenvalue weighted by Crippen LogP contribution is 2.07. The van der Waals surface area contributed by atoms with E-state index in [1.54, 1.807) is 0 Å². The Balaban J connectivity index is 1.76. The Kier molecular flexibility index (Phi) is 3.56. The van der Waals surface area contributed by atoms with E-state index in [0.717, 1.165) is 26.1 Å². The lowest BCUT2D eigenvalue weighted by molar-refractivity contribution is -0.134. The average Bonchev–Trinajstić information content (AvgIpc) is 2.65. The number of hydrogen-bond donors (Lipinski definition) is 2. The number of nitrogens with zero attached hydrogens (tertiary/aromatic N) is 1. The van der Waals surface area contributed by atoms with Crippen LogP contribution in [0.5, 0.6) is 0 Å². The zero-order chi connectivity index (χ0) is 10.7.